The van der Waals surface area contributed by atoms with Gasteiger partial charge in [0.05, 0.1) is 16.3 Å². The zero-order chi connectivity index (χ0) is 11.5. The van der Waals surface area contributed by atoms with Crippen LogP contribution in [-0.4, -0.2) is 5.91 Å². The molecule has 0 bridgehead atoms. The van der Waals surface area contributed by atoms with Gasteiger partial charge in [-0.2, -0.15) is 0 Å². The van der Waals surface area contributed by atoms with E-state index in [0.29, 0.717) is 21.3 Å². The fourth-order valence-corrected chi connectivity index (χ4v) is 2.04. The monoisotopic (exact) mass is 252 g/mol. The number of benzene rings is 1. The van der Waals surface area contributed by atoms with Gasteiger partial charge in [-0.25, -0.2) is 0 Å². The number of anilines is 2. The number of halogens is 1. The zero-order valence-electron chi connectivity index (χ0n) is 8.24. The summed E-state index contributed by atoms with van der Waals surface area (Å²) < 4.78 is 0. The van der Waals surface area contributed by atoms with Crippen molar-refractivity contribution in [1.29, 1.82) is 0 Å². The second kappa shape index (κ2) is 4.55. The number of nitrogens with two attached hydrogens (primary N) is 1. The molecule has 0 aliphatic rings. The lowest BCUT2D eigenvalue weighted by atomic mass is 10.2. The largest absolute Gasteiger partial charge is 0.397 e. The molecular formula is C11H9ClN2OS. The summed E-state index contributed by atoms with van der Waals surface area (Å²) in [6.07, 6.45) is 0. The highest BCUT2D eigenvalue weighted by Crippen LogP contribution is 2.23. The van der Waals surface area contributed by atoms with Crippen LogP contribution in [0.15, 0.2) is 35.7 Å². The summed E-state index contributed by atoms with van der Waals surface area (Å²) in [7, 11) is 0. The van der Waals surface area contributed by atoms with Crippen LogP contribution in [0.25, 0.3) is 0 Å². The molecule has 1 aromatic heterocycles. The molecule has 5 heteroatoms. The fraction of sp³-hybridized carbons (Fsp3) is 0. The normalized spacial score (nSPS) is 10.1. The minimum Gasteiger partial charge on any atom is -0.397 e. The Kier molecular flexibility index (Phi) is 3.12. The highest BCUT2D eigenvalue weighted by Gasteiger charge is 2.08. The molecule has 0 spiro atoms. The summed E-state index contributed by atoms with van der Waals surface area (Å²) in [6, 6.07) is 8.55. The molecule has 0 saturated heterocycles. The standard InChI is InChI=1S/C11H9ClN2OS/c12-7-3-4-9(8(13)6-7)14-11(15)10-2-1-5-16-10/h1-6H,13H2,(H,14,15). The van der Waals surface area contributed by atoms with E-state index in [1.165, 1.54) is 11.3 Å². The SMILES string of the molecule is Nc1cc(Cl)ccc1NC(=O)c1cccs1. The van der Waals surface area contributed by atoms with Gasteiger partial charge < -0.3 is 11.1 Å². The molecular weight excluding hydrogens is 244 g/mol. The van der Waals surface area contributed by atoms with Crippen LogP contribution in [0.3, 0.4) is 0 Å². The number of nitrogens with one attached hydrogen (secondary N) is 1. The first kappa shape index (κ1) is 11.0. The molecule has 1 heterocycles. The van der Waals surface area contributed by atoms with Crippen molar-refractivity contribution in [3.05, 3.63) is 45.6 Å². The van der Waals surface area contributed by atoms with Crippen LogP contribution < -0.4 is 11.1 Å². The van der Waals surface area contributed by atoms with Crippen LogP contribution in [0.5, 0.6) is 0 Å². The number of carbonyl (C=O) groups excluding carboxylic acids is 1. The second-order valence-electron chi connectivity index (χ2n) is 3.16. The van der Waals surface area contributed by atoms with Gasteiger partial charge in [0.25, 0.3) is 5.91 Å². The van der Waals surface area contributed by atoms with Crippen molar-refractivity contribution < 1.29 is 4.79 Å². The van der Waals surface area contributed by atoms with Gasteiger partial charge in [-0.15, -0.1) is 11.3 Å². The van der Waals surface area contributed by atoms with E-state index in [-0.39, 0.29) is 5.91 Å². The Labute approximate surface area is 102 Å². The first-order valence-corrected chi connectivity index (χ1v) is 5.82. The Morgan fingerprint density at radius 3 is 2.81 bits per heavy atom. The van der Waals surface area contributed by atoms with Crippen LogP contribution in [0.2, 0.25) is 5.02 Å². The van der Waals surface area contributed by atoms with Crippen molar-refractivity contribution in [2.45, 2.75) is 0 Å². The van der Waals surface area contributed by atoms with E-state index in [0.717, 1.165) is 0 Å². The highest BCUT2D eigenvalue weighted by atomic mass is 35.5. The first-order chi connectivity index (χ1) is 7.66. The Hall–Kier alpha value is -1.52. The van der Waals surface area contributed by atoms with Gasteiger partial charge in [-0.05, 0) is 29.6 Å². The number of carbonyl (C=O) groups is 1. The average Bonchev–Trinajstić information content (AvgIpc) is 2.75. The molecule has 3 N–H and O–H groups in total. The van der Waals surface area contributed by atoms with Gasteiger partial charge in [0.2, 0.25) is 0 Å². The number of thiophene rings is 1. The third-order valence-electron chi connectivity index (χ3n) is 2.01. The molecule has 2 aromatic rings. The number of hydrogen-bond donors (Lipinski definition) is 2. The topological polar surface area (TPSA) is 55.1 Å². The molecule has 3 nitrogen and oxygen atoms in total. The first-order valence-electron chi connectivity index (χ1n) is 4.56. The third kappa shape index (κ3) is 2.35. The van der Waals surface area contributed by atoms with Gasteiger partial charge in [0.1, 0.15) is 0 Å². The number of amides is 1. The molecule has 1 amide bonds. The average molecular weight is 253 g/mol. The van der Waals surface area contributed by atoms with Crippen LogP contribution in [0.4, 0.5) is 11.4 Å². The molecule has 0 radical (unpaired) electrons. The highest BCUT2D eigenvalue weighted by molar-refractivity contribution is 7.12. The van der Waals surface area contributed by atoms with Gasteiger partial charge in [-0.1, -0.05) is 17.7 Å². The minimum absolute atomic E-state index is 0.163. The summed E-state index contributed by atoms with van der Waals surface area (Å²) >= 11 is 7.14. The van der Waals surface area contributed by atoms with Crippen molar-refractivity contribution in [1.82, 2.24) is 0 Å². The van der Waals surface area contributed by atoms with Crippen molar-refractivity contribution in [2.75, 3.05) is 11.1 Å². The molecule has 0 aliphatic heterocycles. The minimum atomic E-state index is -0.163. The molecule has 1 aromatic carbocycles. The predicted octanol–water partition coefficient (Wildman–Crippen LogP) is 3.24. The molecule has 82 valence electrons. The van der Waals surface area contributed by atoms with Gasteiger partial charge in [0, 0.05) is 5.02 Å². The summed E-state index contributed by atoms with van der Waals surface area (Å²) in [5.41, 5.74) is 6.76. The van der Waals surface area contributed by atoms with E-state index >= 15 is 0 Å². The number of hydrogen-bond acceptors (Lipinski definition) is 3. The Morgan fingerprint density at radius 2 is 2.19 bits per heavy atom. The van der Waals surface area contributed by atoms with E-state index < -0.39 is 0 Å². The van der Waals surface area contributed by atoms with Crippen molar-refractivity contribution in [2.24, 2.45) is 0 Å². The molecule has 0 aliphatic carbocycles. The van der Waals surface area contributed by atoms with E-state index in [9.17, 15) is 4.79 Å². The number of nitrogen functional groups attached to an aromatic ring is 1. The van der Waals surface area contributed by atoms with E-state index in [1.54, 1.807) is 24.3 Å². The molecule has 0 fully saturated rings. The molecule has 0 atom stereocenters. The van der Waals surface area contributed by atoms with Gasteiger partial charge >= 0.3 is 0 Å². The van der Waals surface area contributed by atoms with E-state index in [4.69, 9.17) is 17.3 Å². The smallest absolute Gasteiger partial charge is 0.265 e. The summed E-state index contributed by atoms with van der Waals surface area (Å²) in [5.74, 6) is -0.163. The van der Waals surface area contributed by atoms with Gasteiger partial charge in [-0.3, -0.25) is 4.79 Å². The molecule has 0 saturated carbocycles. The van der Waals surface area contributed by atoms with Crippen LogP contribution in [-0.2, 0) is 0 Å². The molecule has 0 unspecified atom stereocenters. The summed E-state index contributed by atoms with van der Waals surface area (Å²) in [4.78, 5) is 12.4. The lowest BCUT2D eigenvalue weighted by Crippen LogP contribution is -2.11. The van der Waals surface area contributed by atoms with Crippen molar-refractivity contribution in [3.8, 4) is 0 Å². The summed E-state index contributed by atoms with van der Waals surface area (Å²) in [6.45, 7) is 0. The quantitative estimate of drug-likeness (QED) is 0.807. The lowest BCUT2D eigenvalue weighted by molar-refractivity contribution is 0.103. The Morgan fingerprint density at radius 1 is 1.38 bits per heavy atom. The number of rotatable bonds is 2. The van der Waals surface area contributed by atoms with Crippen molar-refractivity contribution in [3.63, 3.8) is 0 Å². The lowest BCUT2D eigenvalue weighted by Gasteiger charge is -2.06. The Balaban J connectivity index is 2.18. The zero-order valence-corrected chi connectivity index (χ0v) is 9.81. The van der Waals surface area contributed by atoms with Crippen LogP contribution >= 0.6 is 22.9 Å². The van der Waals surface area contributed by atoms with Crippen LogP contribution in [0.1, 0.15) is 9.67 Å². The van der Waals surface area contributed by atoms with Crippen LogP contribution in [0, 0.1) is 0 Å². The maximum absolute atomic E-state index is 11.7. The maximum atomic E-state index is 11.7. The third-order valence-corrected chi connectivity index (χ3v) is 3.11. The van der Waals surface area contributed by atoms with E-state index in [1.807, 2.05) is 11.4 Å². The molecule has 2 rings (SSSR count). The van der Waals surface area contributed by atoms with Gasteiger partial charge in [0.15, 0.2) is 0 Å². The van der Waals surface area contributed by atoms with Crippen molar-refractivity contribution >= 4 is 40.2 Å². The van der Waals surface area contributed by atoms with E-state index in [2.05, 4.69) is 5.32 Å². The molecule has 16 heavy (non-hydrogen) atoms. The predicted molar refractivity (Wildman–Crippen MR) is 68.1 cm³/mol. The fourth-order valence-electron chi connectivity index (χ4n) is 1.24. The second-order valence-corrected chi connectivity index (χ2v) is 4.55. The maximum Gasteiger partial charge on any atom is 0.265 e. The Bertz CT molecular complexity index is 511. The summed E-state index contributed by atoms with van der Waals surface area (Å²) in [5, 5.41) is 5.12.